The largest absolute Gasteiger partial charge is 0.376 e. The van der Waals surface area contributed by atoms with Crippen molar-refractivity contribution in [1.29, 1.82) is 0 Å². The molecule has 2 unspecified atom stereocenters. The van der Waals surface area contributed by atoms with Crippen LogP contribution in [0.3, 0.4) is 0 Å². The fourth-order valence-electron chi connectivity index (χ4n) is 1.63. The lowest BCUT2D eigenvalue weighted by molar-refractivity contribution is -0.384. The highest BCUT2D eigenvalue weighted by Gasteiger charge is 2.17. The Labute approximate surface area is 103 Å². The summed E-state index contributed by atoms with van der Waals surface area (Å²) in [5.74, 6) is 0.464. The van der Waals surface area contributed by atoms with Gasteiger partial charge in [-0.1, -0.05) is 12.1 Å². The summed E-state index contributed by atoms with van der Waals surface area (Å²) in [5.41, 5.74) is 1.38. The van der Waals surface area contributed by atoms with E-state index in [1.165, 1.54) is 6.07 Å². The van der Waals surface area contributed by atoms with E-state index >= 15 is 0 Å². The average Bonchev–Trinajstić information content (AvgIpc) is 2.19. The molecule has 0 heterocycles. The molecule has 94 valence electrons. The number of nitro groups is 1. The molecule has 5 nitrogen and oxygen atoms in total. The first kappa shape index (κ1) is 13.6. The summed E-state index contributed by atoms with van der Waals surface area (Å²) < 4.78 is 11.1. The predicted octanol–water partition coefficient (Wildman–Crippen LogP) is 2.08. The second-order valence-electron chi connectivity index (χ2n) is 4.01. The van der Waals surface area contributed by atoms with Crippen LogP contribution in [0.15, 0.2) is 18.2 Å². The second-order valence-corrected chi connectivity index (χ2v) is 5.49. The van der Waals surface area contributed by atoms with E-state index in [1.807, 2.05) is 19.9 Å². The van der Waals surface area contributed by atoms with E-state index in [2.05, 4.69) is 5.32 Å². The first-order valence-corrected chi connectivity index (χ1v) is 6.95. The quantitative estimate of drug-likeness (QED) is 0.646. The van der Waals surface area contributed by atoms with Crippen LogP contribution in [-0.2, 0) is 10.8 Å². The van der Waals surface area contributed by atoms with Crippen molar-refractivity contribution in [3.05, 3.63) is 33.9 Å². The minimum Gasteiger partial charge on any atom is -0.376 e. The van der Waals surface area contributed by atoms with E-state index in [4.69, 9.17) is 0 Å². The van der Waals surface area contributed by atoms with E-state index in [0.29, 0.717) is 11.4 Å². The molecule has 1 aromatic carbocycles. The average molecular weight is 256 g/mol. The van der Waals surface area contributed by atoms with E-state index in [0.717, 1.165) is 5.56 Å². The van der Waals surface area contributed by atoms with Gasteiger partial charge in [0.25, 0.3) is 5.69 Å². The smallest absolute Gasteiger partial charge is 0.292 e. The lowest BCUT2D eigenvalue weighted by Crippen LogP contribution is -2.23. The molecule has 0 saturated carbocycles. The van der Waals surface area contributed by atoms with Crippen LogP contribution in [0.2, 0.25) is 0 Å². The minimum absolute atomic E-state index is 0.0544. The van der Waals surface area contributed by atoms with Gasteiger partial charge in [-0.3, -0.25) is 14.3 Å². The number of hydrogen-bond donors (Lipinski definition) is 1. The molecule has 0 amide bonds. The van der Waals surface area contributed by atoms with Crippen LogP contribution >= 0.6 is 0 Å². The van der Waals surface area contributed by atoms with Crippen molar-refractivity contribution >= 4 is 22.2 Å². The molecule has 0 aromatic heterocycles. The van der Waals surface area contributed by atoms with Crippen LogP contribution in [0.4, 0.5) is 11.4 Å². The van der Waals surface area contributed by atoms with Crippen LogP contribution in [-0.4, -0.2) is 27.2 Å². The monoisotopic (exact) mass is 256 g/mol. The van der Waals surface area contributed by atoms with Crippen molar-refractivity contribution in [3.63, 3.8) is 0 Å². The molecule has 0 bridgehead atoms. The Bertz CT molecular complexity index is 448. The molecular weight excluding hydrogens is 240 g/mol. The number of anilines is 1. The van der Waals surface area contributed by atoms with Crippen LogP contribution in [0, 0.1) is 17.0 Å². The van der Waals surface area contributed by atoms with Gasteiger partial charge in [-0.05, 0) is 19.4 Å². The predicted molar refractivity (Wildman–Crippen MR) is 69.9 cm³/mol. The fourth-order valence-corrected chi connectivity index (χ4v) is 2.42. The van der Waals surface area contributed by atoms with Crippen LogP contribution in [0.5, 0.6) is 0 Å². The van der Waals surface area contributed by atoms with Gasteiger partial charge in [-0.2, -0.15) is 0 Å². The Morgan fingerprint density at radius 3 is 2.71 bits per heavy atom. The van der Waals surface area contributed by atoms with Crippen molar-refractivity contribution in [2.75, 3.05) is 17.3 Å². The van der Waals surface area contributed by atoms with Gasteiger partial charge in [0.05, 0.1) is 4.92 Å². The zero-order valence-electron chi connectivity index (χ0n) is 10.1. The fraction of sp³-hybridized carbons (Fsp3) is 0.455. The number of hydrogen-bond acceptors (Lipinski definition) is 4. The third-order valence-electron chi connectivity index (χ3n) is 2.32. The second kappa shape index (κ2) is 5.77. The summed E-state index contributed by atoms with van der Waals surface area (Å²) in [6.07, 6.45) is 1.62. The van der Waals surface area contributed by atoms with Gasteiger partial charge in [-0.25, -0.2) is 0 Å². The molecule has 1 N–H and O–H groups in total. The molecule has 0 aliphatic rings. The molecular formula is C11H16N2O3S. The zero-order valence-corrected chi connectivity index (χ0v) is 10.9. The molecule has 6 heteroatoms. The maximum atomic E-state index is 11.1. The van der Waals surface area contributed by atoms with Crippen LogP contribution in [0.1, 0.15) is 12.5 Å². The first-order chi connectivity index (χ1) is 7.91. The Kier molecular flexibility index (Phi) is 4.62. The van der Waals surface area contributed by atoms with Gasteiger partial charge in [0.15, 0.2) is 0 Å². The van der Waals surface area contributed by atoms with Crippen LogP contribution in [0.25, 0.3) is 0 Å². The van der Waals surface area contributed by atoms with Crippen molar-refractivity contribution in [2.45, 2.75) is 19.9 Å². The molecule has 0 aliphatic heterocycles. The minimum atomic E-state index is -0.926. The van der Waals surface area contributed by atoms with Gasteiger partial charge >= 0.3 is 0 Å². The summed E-state index contributed by atoms with van der Waals surface area (Å²) in [6, 6.07) is 4.86. The summed E-state index contributed by atoms with van der Waals surface area (Å²) in [7, 11) is -0.926. The van der Waals surface area contributed by atoms with Crippen molar-refractivity contribution in [2.24, 2.45) is 0 Å². The van der Waals surface area contributed by atoms with Crippen molar-refractivity contribution in [3.8, 4) is 0 Å². The summed E-state index contributed by atoms with van der Waals surface area (Å²) in [4.78, 5) is 10.5. The lowest BCUT2D eigenvalue weighted by atomic mass is 10.1. The zero-order chi connectivity index (χ0) is 13.0. The molecule has 17 heavy (non-hydrogen) atoms. The highest BCUT2D eigenvalue weighted by atomic mass is 32.2. The highest BCUT2D eigenvalue weighted by molar-refractivity contribution is 7.84. The summed E-state index contributed by atoms with van der Waals surface area (Å²) in [6.45, 7) is 3.67. The first-order valence-electron chi connectivity index (χ1n) is 5.22. The van der Waals surface area contributed by atoms with Crippen molar-refractivity contribution < 1.29 is 9.13 Å². The SMILES string of the molecule is Cc1cccc([N+](=O)[O-])c1NC(C)CS(C)=O. The Morgan fingerprint density at radius 1 is 1.53 bits per heavy atom. The number of para-hydroxylation sites is 1. The molecule has 0 aliphatic carbocycles. The Hall–Kier alpha value is -1.43. The van der Waals surface area contributed by atoms with E-state index in [1.54, 1.807) is 12.3 Å². The summed E-state index contributed by atoms with van der Waals surface area (Å²) in [5, 5.41) is 13.9. The third-order valence-corrected chi connectivity index (χ3v) is 3.29. The number of aryl methyl sites for hydroxylation is 1. The van der Waals surface area contributed by atoms with E-state index in [9.17, 15) is 14.3 Å². The van der Waals surface area contributed by atoms with Gasteiger partial charge in [0, 0.05) is 34.9 Å². The van der Waals surface area contributed by atoms with Gasteiger partial charge < -0.3 is 5.32 Å². The normalized spacial score (nSPS) is 14.1. The maximum absolute atomic E-state index is 11.1. The Morgan fingerprint density at radius 2 is 2.18 bits per heavy atom. The summed E-state index contributed by atoms with van der Waals surface area (Å²) >= 11 is 0. The molecule has 0 saturated heterocycles. The number of nitrogens with zero attached hydrogens (tertiary/aromatic N) is 1. The van der Waals surface area contributed by atoms with Crippen LogP contribution < -0.4 is 5.32 Å². The number of nitrogens with one attached hydrogen (secondary N) is 1. The van der Waals surface area contributed by atoms with Crippen molar-refractivity contribution in [1.82, 2.24) is 0 Å². The van der Waals surface area contributed by atoms with Gasteiger partial charge in [-0.15, -0.1) is 0 Å². The van der Waals surface area contributed by atoms with E-state index in [-0.39, 0.29) is 11.7 Å². The molecule has 0 fully saturated rings. The molecule has 0 radical (unpaired) electrons. The van der Waals surface area contributed by atoms with E-state index < -0.39 is 15.7 Å². The standard InChI is InChI=1S/C11H16N2O3S/c1-8-5-4-6-10(13(14)15)11(8)12-9(2)7-17(3)16/h4-6,9,12H,7H2,1-3H3. The molecule has 1 aromatic rings. The third kappa shape index (κ3) is 3.81. The lowest BCUT2D eigenvalue weighted by Gasteiger charge is -2.15. The topological polar surface area (TPSA) is 72.2 Å². The highest BCUT2D eigenvalue weighted by Crippen LogP contribution is 2.28. The van der Waals surface area contributed by atoms with Gasteiger partial charge in [0.2, 0.25) is 0 Å². The number of nitro benzene ring substituents is 1. The molecule has 0 spiro atoms. The Balaban J connectivity index is 2.96. The number of benzene rings is 1. The maximum Gasteiger partial charge on any atom is 0.292 e. The molecule has 2 atom stereocenters. The number of rotatable bonds is 5. The molecule has 1 rings (SSSR count). The van der Waals surface area contributed by atoms with Gasteiger partial charge in [0.1, 0.15) is 5.69 Å².